The van der Waals surface area contributed by atoms with Gasteiger partial charge in [-0.05, 0) is 26.3 Å². The van der Waals surface area contributed by atoms with Crippen LogP contribution in [0.4, 0.5) is 5.69 Å². The van der Waals surface area contributed by atoms with Gasteiger partial charge in [0.25, 0.3) is 5.69 Å². The van der Waals surface area contributed by atoms with Gasteiger partial charge in [-0.15, -0.1) is 0 Å². The van der Waals surface area contributed by atoms with Crippen molar-refractivity contribution in [3.05, 3.63) is 33.9 Å². The highest BCUT2D eigenvalue weighted by Crippen LogP contribution is 2.22. The molecule has 1 aromatic carbocycles. The fourth-order valence-corrected chi connectivity index (χ4v) is 2.59. The maximum Gasteiger partial charge on any atom is 0.273 e. The summed E-state index contributed by atoms with van der Waals surface area (Å²) < 4.78 is 26.3. The molecule has 0 aromatic heterocycles. The number of nitrogens with zero attached hydrogens (tertiary/aromatic N) is 1. The second kappa shape index (κ2) is 5.86. The smallest absolute Gasteiger partial charge is 0.273 e. The highest BCUT2D eigenvalue weighted by atomic mass is 32.2. The van der Waals surface area contributed by atoms with Crippen LogP contribution >= 0.6 is 0 Å². The molecule has 0 saturated carbocycles. The minimum Gasteiger partial charge on any atom is -0.389 e. The average molecular weight is 302 g/mol. The summed E-state index contributed by atoms with van der Waals surface area (Å²) >= 11 is 0. The summed E-state index contributed by atoms with van der Waals surface area (Å²) in [4.78, 5) is 9.99. The molecular formula is C12H18N2O5S. The maximum absolute atomic E-state index is 12.0. The van der Waals surface area contributed by atoms with E-state index in [0.29, 0.717) is 12.0 Å². The monoisotopic (exact) mass is 302 g/mol. The summed E-state index contributed by atoms with van der Waals surface area (Å²) in [7, 11) is -3.89. The largest absolute Gasteiger partial charge is 0.389 e. The third-order valence-electron chi connectivity index (χ3n) is 3.09. The van der Waals surface area contributed by atoms with Crippen LogP contribution in [0.5, 0.6) is 0 Å². The van der Waals surface area contributed by atoms with Crippen molar-refractivity contribution in [2.75, 3.05) is 6.54 Å². The van der Waals surface area contributed by atoms with Crippen LogP contribution in [0, 0.1) is 17.0 Å². The van der Waals surface area contributed by atoms with Gasteiger partial charge in [-0.25, -0.2) is 13.1 Å². The lowest BCUT2D eigenvalue weighted by Crippen LogP contribution is -2.40. The normalized spacial score (nSPS) is 14.8. The van der Waals surface area contributed by atoms with E-state index in [2.05, 4.69) is 4.72 Å². The molecule has 20 heavy (non-hydrogen) atoms. The van der Waals surface area contributed by atoms with Crippen LogP contribution in [0.1, 0.15) is 25.8 Å². The van der Waals surface area contributed by atoms with Crippen LogP contribution in [0.25, 0.3) is 0 Å². The standard InChI is InChI=1S/C12H18N2O5S/c1-4-12(3,15)8-13-20(18,19)10-6-5-9(2)11(7-10)14(16)17/h5-7,13,15H,4,8H2,1-3H3. The van der Waals surface area contributed by atoms with E-state index >= 15 is 0 Å². The van der Waals surface area contributed by atoms with E-state index in [1.165, 1.54) is 26.0 Å². The fraction of sp³-hybridized carbons (Fsp3) is 0.500. The molecule has 1 rings (SSSR count). The fourth-order valence-electron chi connectivity index (χ4n) is 1.41. The number of aryl methyl sites for hydroxylation is 1. The summed E-state index contributed by atoms with van der Waals surface area (Å²) in [6, 6.07) is 3.69. The molecule has 0 saturated heterocycles. The van der Waals surface area contributed by atoms with E-state index in [4.69, 9.17) is 0 Å². The Morgan fingerprint density at radius 2 is 2.05 bits per heavy atom. The molecule has 0 aliphatic heterocycles. The zero-order valence-corrected chi connectivity index (χ0v) is 12.4. The van der Waals surface area contributed by atoms with Gasteiger partial charge in [0.1, 0.15) is 0 Å². The molecule has 1 atom stereocenters. The first-order valence-electron chi connectivity index (χ1n) is 6.06. The molecular weight excluding hydrogens is 284 g/mol. The molecule has 2 N–H and O–H groups in total. The van der Waals surface area contributed by atoms with Gasteiger partial charge in [0, 0.05) is 18.2 Å². The third kappa shape index (κ3) is 3.99. The summed E-state index contributed by atoms with van der Waals surface area (Å²) in [5.74, 6) is 0. The number of sulfonamides is 1. The van der Waals surface area contributed by atoms with E-state index in [1.807, 2.05) is 0 Å². The van der Waals surface area contributed by atoms with E-state index in [1.54, 1.807) is 6.92 Å². The van der Waals surface area contributed by atoms with Gasteiger partial charge < -0.3 is 5.11 Å². The molecule has 1 unspecified atom stereocenters. The SMILES string of the molecule is CCC(C)(O)CNS(=O)(=O)c1ccc(C)c([N+](=O)[O-])c1. The van der Waals surface area contributed by atoms with Gasteiger partial charge in [0.05, 0.1) is 15.4 Å². The summed E-state index contributed by atoms with van der Waals surface area (Å²) in [6.07, 6.45) is 0.379. The van der Waals surface area contributed by atoms with Crippen LogP contribution in [0.3, 0.4) is 0 Å². The quantitative estimate of drug-likeness (QED) is 0.608. The highest BCUT2D eigenvalue weighted by molar-refractivity contribution is 7.89. The first-order chi connectivity index (χ1) is 9.09. The second-order valence-electron chi connectivity index (χ2n) is 4.88. The molecule has 8 heteroatoms. The zero-order valence-electron chi connectivity index (χ0n) is 11.6. The van der Waals surface area contributed by atoms with Crippen LogP contribution < -0.4 is 4.72 Å². The third-order valence-corrected chi connectivity index (χ3v) is 4.49. The summed E-state index contributed by atoms with van der Waals surface area (Å²) in [6.45, 7) is 4.61. The number of benzene rings is 1. The number of aliphatic hydroxyl groups is 1. The minimum atomic E-state index is -3.89. The van der Waals surface area contributed by atoms with Crippen LogP contribution in [-0.2, 0) is 10.0 Å². The summed E-state index contributed by atoms with van der Waals surface area (Å²) in [5, 5.41) is 20.6. The Hall–Kier alpha value is -1.51. The van der Waals surface area contributed by atoms with E-state index < -0.39 is 20.5 Å². The van der Waals surface area contributed by atoms with Crippen LogP contribution in [0.2, 0.25) is 0 Å². The van der Waals surface area contributed by atoms with Crippen molar-refractivity contribution in [3.8, 4) is 0 Å². The average Bonchev–Trinajstić information content (AvgIpc) is 2.36. The Morgan fingerprint density at radius 3 is 2.55 bits per heavy atom. The zero-order chi connectivity index (χ0) is 15.6. The number of nitrogens with one attached hydrogen (secondary N) is 1. The molecule has 0 heterocycles. The molecule has 7 nitrogen and oxygen atoms in total. The van der Waals surface area contributed by atoms with Crippen molar-refractivity contribution in [2.45, 2.75) is 37.7 Å². The van der Waals surface area contributed by atoms with E-state index in [0.717, 1.165) is 6.07 Å². The van der Waals surface area contributed by atoms with Gasteiger partial charge in [-0.1, -0.05) is 13.0 Å². The maximum atomic E-state index is 12.0. The minimum absolute atomic E-state index is 0.159. The molecule has 1 aromatic rings. The number of rotatable bonds is 6. The van der Waals surface area contributed by atoms with Gasteiger partial charge in [-0.3, -0.25) is 10.1 Å². The molecule has 0 radical (unpaired) electrons. The van der Waals surface area contributed by atoms with Gasteiger partial charge in [-0.2, -0.15) is 0 Å². The second-order valence-corrected chi connectivity index (χ2v) is 6.65. The first kappa shape index (κ1) is 16.5. The lowest BCUT2D eigenvalue weighted by atomic mass is 10.1. The van der Waals surface area contributed by atoms with Crippen molar-refractivity contribution in [1.29, 1.82) is 0 Å². The molecule has 112 valence electrons. The van der Waals surface area contributed by atoms with E-state index in [9.17, 15) is 23.6 Å². The van der Waals surface area contributed by atoms with Crippen molar-refractivity contribution in [3.63, 3.8) is 0 Å². The molecule has 0 aliphatic carbocycles. The van der Waals surface area contributed by atoms with Crippen molar-refractivity contribution in [1.82, 2.24) is 4.72 Å². The predicted molar refractivity (Wildman–Crippen MR) is 73.9 cm³/mol. The Bertz CT molecular complexity index is 610. The van der Waals surface area contributed by atoms with Crippen molar-refractivity contribution in [2.24, 2.45) is 0 Å². The first-order valence-corrected chi connectivity index (χ1v) is 7.54. The number of nitro benzene ring substituents is 1. The van der Waals surface area contributed by atoms with Crippen molar-refractivity contribution >= 4 is 15.7 Å². The number of nitro groups is 1. The topological polar surface area (TPSA) is 110 Å². The number of hydrogen-bond donors (Lipinski definition) is 2. The van der Waals surface area contributed by atoms with Crippen LogP contribution in [0.15, 0.2) is 23.1 Å². The predicted octanol–water partition coefficient (Wildman–Crippen LogP) is 1.34. The van der Waals surface area contributed by atoms with Crippen LogP contribution in [-0.4, -0.2) is 30.6 Å². The Kier molecular flexibility index (Phi) is 4.85. The van der Waals surface area contributed by atoms with Gasteiger partial charge in [0.15, 0.2) is 0 Å². The lowest BCUT2D eigenvalue weighted by molar-refractivity contribution is -0.385. The Labute approximate surface area is 117 Å². The van der Waals surface area contributed by atoms with Gasteiger partial charge in [0.2, 0.25) is 10.0 Å². The molecule has 0 amide bonds. The number of hydrogen-bond acceptors (Lipinski definition) is 5. The van der Waals surface area contributed by atoms with Gasteiger partial charge >= 0.3 is 0 Å². The molecule has 0 bridgehead atoms. The summed E-state index contributed by atoms with van der Waals surface area (Å²) in [5.41, 5.74) is -1.03. The Morgan fingerprint density at radius 1 is 1.45 bits per heavy atom. The van der Waals surface area contributed by atoms with Crippen molar-refractivity contribution < 1.29 is 18.4 Å². The van der Waals surface area contributed by atoms with E-state index in [-0.39, 0.29) is 17.1 Å². The lowest BCUT2D eigenvalue weighted by Gasteiger charge is -2.21. The molecule has 0 spiro atoms. The molecule has 0 aliphatic rings. The Balaban J connectivity index is 3.05. The highest BCUT2D eigenvalue weighted by Gasteiger charge is 2.24. The molecule has 0 fully saturated rings.